The van der Waals surface area contributed by atoms with Gasteiger partial charge in [0.1, 0.15) is 11.8 Å². The number of aromatic nitrogens is 1. The number of nitrogens with one attached hydrogen (secondary N) is 1. The number of nitriles is 1. The molecule has 0 fully saturated rings. The summed E-state index contributed by atoms with van der Waals surface area (Å²) in [7, 11) is 0. The van der Waals surface area contributed by atoms with Crippen molar-refractivity contribution in [2.75, 3.05) is 0 Å². The van der Waals surface area contributed by atoms with Gasteiger partial charge in [0.15, 0.2) is 12.0 Å². The molecular formula is C16H16N4O. The van der Waals surface area contributed by atoms with E-state index in [9.17, 15) is 10.4 Å². The van der Waals surface area contributed by atoms with E-state index in [1.54, 1.807) is 43.5 Å². The first-order chi connectivity index (χ1) is 10.1. The lowest BCUT2D eigenvalue weighted by Crippen LogP contribution is -2.39. The monoisotopic (exact) mass is 280 g/mol. The van der Waals surface area contributed by atoms with E-state index in [4.69, 9.17) is 5.41 Å². The number of aliphatic hydroxyl groups excluding tert-OH is 1. The maximum Gasteiger partial charge on any atom is 0.185 e. The molecule has 2 N–H and O–H groups in total. The lowest BCUT2D eigenvalue weighted by Gasteiger charge is -2.27. The van der Waals surface area contributed by atoms with Crippen molar-refractivity contribution in [3.8, 4) is 6.19 Å². The minimum atomic E-state index is -0.866. The predicted molar refractivity (Wildman–Crippen MR) is 79.4 cm³/mol. The fourth-order valence-corrected chi connectivity index (χ4v) is 2.04. The summed E-state index contributed by atoms with van der Waals surface area (Å²) < 4.78 is 0. The number of benzene rings is 1. The van der Waals surface area contributed by atoms with Gasteiger partial charge in [-0.25, -0.2) is 0 Å². The van der Waals surface area contributed by atoms with E-state index in [1.165, 1.54) is 4.90 Å². The van der Waals surface area contributed by atoms with Crippen LogP contribution < -0.4 is 0 Å². The van der Waals surface area contributed by atoms with Crippen LogP contribution in [0.1, 0.15) is 24.3 Å². The molecule has 1 heterocycles. The molecule has 106 valence electrons. The van der Waals surface area contributed by atoms with E-state index < -0.39 is 12.1 Å². The average molecular weight is 280 g/mol. The van der Waals surface area contributed by atoms with Crippen molar-refractivity contribution in [3.63, 3.8) is 0 Å². The maximum atomic E-state index is 10.4. The van der Waals surface area contributed by atoms with Crippen molar-refractivity contribution in [3.05, 3.63) is 66.0 Å². The Labute approximate surface area is 123 Å². The number of hydrogen-bond donors (Lipinski definition) is 2. The highest BCUT2D eigenvalue weighted by Crippen LogP contribution is 2.21. The van der Waals surface area contributed by atoms with Gasteiger partial charge in [-0.1, -0.05) is 36.4 Å². The van der Waals surface area contributed by atoms with Crippen molar-refractivity contribution in [1.29, 1.82) is 10.7 Å². The van der Waals surface area contributed by atoms with E-state index in [-0.39, 0.29) is 5.84 Å². The third kappa shape index (κ3) is 3.25. The number of rotatable bonds is 4. The van der Waals surface area contributed by atoms with Gasteiger partial charge in [0.2, 0.25) is 0 Å². The minimum absolute atomic E-state index is 0.0272. The number of hydrogen-bond acceptors (Lipinski definition) is 4. The highest BCUT2D eigenvalue weighted by Gasteiger charge is 2.26. The molecule has 21 heavy (non-hydrogen) atoms. The lowest BCUT2D eigenvalue weighted by atomic mass is 10.0. The molecule has 1 aromatic carbocycles. The molecule has 2 aromatic rings. The maximum absolute atomic E-state index is 10.4. The quantitative estimate of drug-likeness (QED) is 0.389. The largest absolute Gasteiger partial charge is 0.386 e. The zero-order chi connectivity index (χ0) is 15.2. The smallest absolute Gasteiger partial charge is 0.185 e. The molecule has 0 bridgehead atoms. The molecule has 5 heteroatoms. The van der Waals surface area contributed by atoms with Gasteiger partial charge in [0, 0.05) is 6.20 Å². The van der Waals surface area contributed by atoms with Crippen LogP contribution in [0, 0.1) is 16.9 Å². The Hall–Kier alpha value is -2.71. The third-order valence-corrected chi connectivity index (χ3v) is 3.26. The fourth-order valence-electron chi connectivity index (χ4n) is 2.04. The second-order valence-electron chi connectivity index (χ2n) is 4.63. The van der Waals surface area contributed by atoms with Gasteiger partial charge >= 0.3 is 0 Å². The Morgan fingerprint density at radius 1 is 1.24 bits per heavy atom. The van der Waals surface area contributed by atoms with Crippen LogP contribution in [0.15, 0.2) is 54.7 Å². The van der Waals surface area contributed by atoms with E-state index in [2.05, 4.69) is 4.98 Å². The number of nitrogens with zero attached hydrogens (tertiary/aromatic N) is 3. The zero-order valence-electron chi connectivity index (χ0n) is 11.6. The lowest BCUT2D eigenvalue weighted by molar-refractivity contribution is 0.113. The topological polar surface area (TPSA) is 84.0 Å². The first kappa shape index (κ1) is 14.7. The summed E-state index contributed by atoms with van der Waals surface area (Å²) in [5, 5.41) is 27.8. The fraction of sp³-hybridized carbons (Fsp3) is 0.188. The Bertz CT molecular complexity index is 636. The first-order valence-electron chi connectivity index (χ1n) is 6.57. The summed E-state index contributed by atoms with van der Waals surface area (Å²) >= 11 is 0. The first-order valence-corrected chi connectivity index (χ1v) is 6.57. The normalized spacial score (nSPS) is 13.0. The average Bonchev–Trinajstić information content (AvgIpc) is 2.56. The van der Waals surface area contributed by atoms with Gasteiger partial charge in [0.25, 0.3) is 0 Å². The molecule has 2 rings (SSSR count). The third-order valence-electron chi connectivity index (χ3n) is 3.26. The van der Waals surface area contributed by atoms with Crippen LogP contribution in [-0.2, 0) is 0 Å². The molecule has 0 radical (unpaired) electrons. The zero-order valence-corrected chi connectivity index (χ0v) is 11.6. The van der Waals surface area contributed by atoms with Crippen LogP contribution in [0.3, 0.4) is 0 Å². The summed E-state index contributed by atoms with van der Waals surface area (Å²) in [5.41, 5.74) is 1.10. The SMILES string of the molecule is CC(C(O)c1ccccc1)N(C#N)C(=N)c1ccccn1. The summed E-state index contributed by atoms with van der Waals surface area (Å²) in [6.07, 6.45) is 2.66. The molecule has 2 unspecified atom stereocenters. The summed E-state index contributed by atoms with van der Waals surface area (Å²) in [6, 6.07) is 13.7. The van der Waals surface area contributed by atoms with Crippen LogP contribution in [0.2, 0.25) is 0 Å². The minimum Gasteiger partial charge on any atom is -0.386 e. The van der Waals surface area contributed by atoms with E-state index in [1.807, 2.05) is 24.4 Å². The molecule has 0 aliphatic rings. The molecule has 0 saturated heterocycles. The van der Waals surface area contributed by atoms with E-state index in [0.717, 1.165) is 0 Å². The van der Waals surface area contributed by atoms with E-state index >= 15 is 0 Å². The Balaban J connectivity index is 2.22. The van der Waals surface area contributed by atoms with Gasteiger partial charge in [-0.15, -0.1) is 0 Å². The molecule has 0 spiro atoms. The van der Waals surface area contributed by atoms with Crippen LogP contribution in [0.25, 0.3) is 0 Å². The molecule has 5 nitrogen and oxygen atoms in total. The summed E-state index contributed by atoms with van der Waals surface area (Å²) in [5.74, 6) is -0.0272. The number of amidine groups is 1. The summed E-state index contributed by atoms with van der Waals surface area (Å²) in [4.78, 5) is 5.23. The second kappa shape index (κ2) is 6.64. The van der Waals surface area contributed by atoms with Crippen LogP contribution in [0.5, 0.6) is 0 Å². The Morgan fingerprint density at radius 3 is 2.48 bits per heavy atom. The predicted octanol–water partition coefficient (Wildman–Crippen LogP) is 2.31. The van der Waals surface area contributed by atoms with Crippen LogP contribution in [0.4, 0.5) is 0 Å². The molecular weight excluding hydrogens is 264 g/mol. The number of aliphatic hydroxyl groups is 1. The molecule has 1 aromatic heterocycles. The molecule has 0 saturated carbocycles. The molecule has 0 amide bonds. The van der Waals surface area contributed by atoms with Crippen molar-refractivity contribution in [2.24, 2.45) is 0 Å². The van der Waals surface area contributed by atoms with Crippen LogP contribution in [-0.4, -0.2) is 26.9 Å². The van der Waals surface area contributed by atoms with Gasteiger partial charge in [-0.3, -0.25) is 15.3 Å². The van der Waals surface area contributed by atoms with Gasteiger partial charge in [-0.2, -0.15) is 5.26 Å². The Morgan fingerprint density at radius 2 is 1.90 bits per heavy atom. The van der Waals surface area contributed by atoms with Crippen LogP contribution >= 0.6 is 0 Å². The van der Waals surface area contributed by atoms with Crippen molar-refractivity contribution in [2.45, 2.75) is 19.1 Å². The van der Waals surface area contributed by atoms with Gasteiger partial charge < -0.3 is 5.11 Å². The van der Waals surface area contributed by atoms with Gasteiger partial charge in [-0.05, 0) is 24.6 Å². The summed E-state index contributed by atoms with van der Waals surface area (Å²) in [6.45, 7) is 1.71. The van der Waals surface area contributed by atoms with Gasteiger partial charge in [0.05, 0.1) is 6.04 Å². The standard InChI is InChI=1S/C16H16N4O/c1-12(15(21)13-7-3-2-4-8-13)20(11-17)16(18)14-9-5-6-10-19-14/h2-10,12,15,18,21H,1H3. The highest BCUT2D eigenvalue weighted by atomic mass is 16.3. The Kier molecular flexibility index (Phi) is 4.64. The second-order valence-corrected chi connectivity index (χ2v) is 4.63. The van der Waals surface area contributed by atoms with Crippen molar-refractivity contribution in [1.82, 2.24) is 9.88 Å². The van der Waals surface area contributed by atoms with Crippen molar-refractivity contribution < 1.29 is 5.11 Å². The molecule has 2 atom stereocenters. The molecule has 0 aliphatic carbocycles. The number of pyridine rings is 1. The molecule has 0 aliphatic heterocycles. The highest BCUT2D eigenvalue weighted by molar-refractivity contribution is 5.95. The van der Waals surface area contributed by atoms with E-state index in [0.29, 0.717) is 11.3 Å². The van der Waals surface area contributed by atoms with Crippen molar-refractivity contribution >= 4 is 5.84 Å².